The van der Waals surface area contributed by atoms with Crippen LogP contribution in [0.5, 0.6) is 11.8 Å². The second-order valence-corrected chi connectivity index (χ2v) is 21.0. The van der Waals surface area contributed by atoms with Crippen molar-refractivity contribution < 1.29 is 38.4 Å². The van der Waals surface area contributed by atoms with E-state index in [0.29, 0.717) is 77.9 Å². The molecule has 0 spiro atoms. The molecule has 78 heavy (non-hydrogen) atoms. The average Bonchev–Trinajstić information content (AvgIpc) is 4.47. The molecule has 0 unspecified atom stereocenters. The van der Waals surface area contributed by atoms with Crippen molar-refractivity contribution in [3.8, 4) is 45.3 Å². The molecular weight excluding hydrogens is 1020 g/mol. The number of H-pyrrole nitrogens is 1. The summed E-state index contributed by atoms with van der Waals surface area (Å²) in [6.07, 6.45) is 7.97. The number of benzene rings is 4. The molecule has 0 saturated carbocycles. The molecule has 8 aromatic rings. The molecule has 5 N–H and O–H groups in total. The molecule has 0 radical (unpaired) electrons. The number of β-amino-alcohol motifs (C(OH)–C–C–N with tert-alkyl or cyclic N) is 1. The summed E-state index contributed by atoms with van der Waals surface area (Å²) in [6.45, 7) is 8.67. The average molecular weight is 1080 g/mol. The molecule has 7 atom stereocenters. The van der Waals surface area contributed by atoms with E-state index in [4.69, 9.17) is 35.8 Å². The zero-order valence-corrected chi connectivity index (χ0v) is 44.4. The van der Waals surface area contributed by atoms with Crippen molar-refractivity contribution in [2.24, 2.45) is 5.92 Å². The molecule has 4 aromatic carbocycles. The van der Waals surface area contributed by atoms with E-state index in [9.17, 15) is 19.8 Å². The lowest BCUT2D eigenvalue weighted by atomic mass is 9.94. The van der Waals surface area contributed by atoms with Gasteiger partial charge in [0.25, 0.3) is 0 Å². The van der Waals surface area contributed by atoms with E-state index in [2.05, 4.69) is 46.0 Å². The smallest absolute Gasteiger partial charge is 0.319 e. The van der Waals surface area contributed by atoms with Crippen molar-refractivity contribution in [2.75, 3.05) is 44.9 Å². The monoisotopic (exact) mass is 1080 g/mol. The first-order chi connectivity index (χ1) is 37.8. The number of ether oxygens (including phenoxy) is 3. The highest BCUT2D eigenvalue weighted by atomic mass is 35.5. The van der Waals surface area contributed by atoms with Crippen molar-refractivity contribution in [3.63, 3.8) is 0 Å². The summed E-state index contributed by atoms with van der Waals surface area (Å²) in [5, 5.41) is 45.4. The Bertz CT molecular complexity index is 3490. The number of methoxy groups -OCH3 is 1. The summed E-state index contributed by atoms with van der Waals surface area (Å²) >= 11 is 7.37. The number of hydrogen-bond acceptors (Lipinski definition) is 16. The van der Waals surface area contributed by atoms with E-state index in [-0.39, 0.29) is 56.9 Å². The van der Waals surface area contributed by atoms with Gasteiger partial charge in [-0.3, -0.25) is 14.7 Å². The molecule has 2 bridgehead atoms. The minimum absolute atomic E-state index is 0.0233. The summed E-state index contributed by atoms with van der Waals surface area (Å²) in [7, 11) is 1.61. The lowest BCUT2D eigenvalue weighted by Gasteiger charge is -2.30. The molecule has 404 valence electrons. The molecule has 3 saturated heterocycles. The fraction of sp³-hybridized carbons (Fsp3) is 0.375. The molecule has 7 heterocycles. The molecular formula is C56H59ClFN13O7. The van der Waals surface area contributed by atoms with Crippen LogP contribution < -0.4 is 25.0 Å². The Morgan fingerprint density at radius 1 is 0.936 bits per heavy atom. The zero-order valence-electron chi connectivity index (χ0n) is 43.6. The number of aromatic amines is 1. The van der Waals surface area contributed by atoms with E-state index in [0.717, 1.165) is 36.2 Å². The number of rotatable bonds is 18. The predicted molar refractivity (Wildman–Crippen MR) is 289 cm³/mol. The lowest BCUT2D eigenvalue weighted by molar-refractivity contribution is -0.142. The number of nitrogens with one attached hydrogen (secondary N) is 3. The van der Waals surface area contributed by atoms with Gasteiger partial charge in [0.05, 0.1) is 47.8 Å². The highest BCUT2D eigenvalue weighted by molar-refractivity contribution is 6.35. The highest BCUT2D eigenvalue weighted by Crippen LogP contribution is 2.49. The number of carbonyl (C=O) groups excluding carboxylic acids is 2. The molecule has 11 rings (SSSR count). The number of likely N-dealkylation sites (tertiary alicyclic amines) is 1. The number of carbonyl (C=O) groups is 2. The number of halogens is 2. The van der Waals surface area contributed by atoms with Crippen LogP contribution in [0.1, 0.15) is 62.4 Å². The van der Waals surface area contributed by atoms with Crippen LogP contribution in [0.3, 0.4) is 0 Å². The fourth-order valence-electron chi connectivity index (χ4n) is 10.9. The van der Waals surface area contributed by atoms with Gasteiger partial charge in [-0.05, 0) is 60.6 Å². The third kappa shape index (κ3) is 10.2. The minimum atomic E-state index is -1.00. The van der Waals surface area contributed by atoms with Crippen LogP contribution in [-0.4, -0.2) is 142 Å². The van der Waals surface area contributed by atoms with Crippen LogP contribution in [0.15, 0.2) is 91.8 Å². The molecule has 3 aliphatic heterocycles. The maximum absolute atomic E-state index is 15.8. The predicted octanol–water partition coefficient (Wildman–Crippen LogP) is 6.54. The van der Waals surface area contributed by atoms with Gasteiger partial charge in [0, 0.05) is 90.7 Å². The number of aromatic nitrogens is 9. The number of piperazine rings is 1. The van der Waals surface area contributed by atoms with Crippen LogP contribution in [0.25, 0.3) is 55.3 Å². The van der Waals surface area contributed by atoms with Gasteiger partial charge in [-0.2, -0.15) is 15.1 Å². The van der Waals surface area contributed by atoms with Gasteiger partial charge in [-0.1, -0.05) is 79.2 Å². The number of anilines is 1. The quantitative estimate of drug-likeness (QED) is 0.0612. The van der Waals surface area contributed by atoms with E-state index >= 15 is 4.39 Å². The second kappa shape index (κ2) is 22.0. The van der Waals surface area contributed by atoms with Crippen LogP contribution in [0.2, 0.25) is 5.02 Å². The molecule has 22 heteroatoms. The van der Waals surface area contributed by atoms with Crippen molar-refractivity contribution in [1.29, 1.82) is 0 Å². The summed E-state index contributed by atoms with van der Waals surface area (Å²) < 4.78 is 35.9. The van der Waals surface area contributed by atoms with Crippen molar-refractivity contribution in [3.05, 3.63) is 119 Å². The molecule has 4 aromatic heterocycles. The lowest BCUT2D eigenvalue weighted by Crippen LogP contribution is -2.50. The largest absolute Gasteiger partial charge is 0.486 e. The van der Waals surface area contributed by atoms with Gasteiger partial charge < -0.3 is 44.9 Å². The molecule has 0 aliphatic carbocycles. The Morgan fingerprint density at radius 2 is 1.71 bits per heavy atom. The second-order valence-electron chi connectivity index (χ2n) is 20.6. The zero-order chi connectivity index (χ0) is 54.4. The Hall–Kier alpha value is -7.69. The van der Waals surface area contributed by atoms with Gasteiger partial charge in [0.15, 0.2) is 5.75 Å². The first kappa shape index (κ1) is 52.4. The van der Waals surface area contributed by atoms with E-state index in [1.165, 1.54) is 22.0 Å². The third-order valence-corrected chi connectivity index (χ3v) is 15.4. The Balaban J connectivity index is 0.855. The maximum Gasteiger partial charge on any atom is 0.319 e. The van der Waals surface area contributed by atoms with Crippen LogP contribution in [0, 0.1) is 18.7 Å². The van der Waals surface area contributed by atoms with Gasteiger partial charge in [0.1, 0.15) is 54.5 Å². The number of fused-ring (bicyclic) bond motifs is 4. The van der Waals surface area contributed by atoms with Crippen LogP contribution in [-0.2, 0) is 20.9 Å². The number of aliphatic hydroxyl groups excluding tert-OH is 2. The first-order valence-corrected chi connectivity index (χ1v) is 26.4. The fourth-order valence-corrected chi connectivity index (χ4v) is 11.2. The standard InChI is InChI=1S/C56H59ClFN13O7/c1-29(2)51(55(75)70-23-39(73)15-47(70)54(74)63-46(25-72)35-12-10-33(11-13-35)36-18-59-28-60-19-36)71-24-45(67-68-71)34-8-6-32(7-9-34)27-77-52-49(48-31(4)43(58)17-44-41(48)21-62-66-44)42(57)16-40-50(52)64-56(78-26-30(3)76-5)65-53(40)69-22-37-14-38(69)20-61-37/h6-13,16-19,21,24,28-30,37-39,46-47,51,61,72-73H,14-15,20,22-23,25-27H2,1-5H3,(H,62,66)(H,63,74)/t30-,37-,38-,39+,46-,47-,51-/m0/s1. The molecule has 3 aliphatic rings. The van der Waals surface area contributed by atoms with Gasteiger partial charge in [0.2, 0.25) is 11.8 Å². The summed E-state index contributed by atoms with van der Waals surface area (Å²) in [6, 6.07) is 16.1. The van der Waals surface area contributed by atoms with Crippen molar-refractivity contribution in [1.82, 2.24) is 60.7 Å². The van der Waals surface area contributed by atoms with Crippen molar-refractivity contribution in [2.45, 2.75) is 89.6 Å². The molecule has 20 nitrogen and oxygen atoms in total. The third-order valence-electron chi connectivity index (χ3n) is 15.1. The minimum Gasteiger partial charge on any atom is -0.486 e. The number of nitrogens with zero attached hydrogens (tertiary/aromatic N) is 10. The molecule has 3 fully saturated rings. The maximum atomic E-state index is 15.8. The van der Waals surface area contributed by atoms with Gasteiger partial charge >= 0.3 is 6.01 Å². The topological polar surface area (TPSA) is 244 Å². The van der Waals surface area contributed by atoms with Crippen LogP contribution in [0.4, 0.5) is 10.2 Å². The Kier molecular flexibility index (Phi) is 14.8. The Labute approximate surface area is 453 Å². The first-order valence-electron chi connectivity index (χ1n) is 26.0. The van der Waals surface area contributed by atoms with Gasteiger partial charge in [-0.25, -0.2) is 19.0 Å². The normalized spacial score (nSPS) is 19.3. The van der Waals surface area contributed by atoms with Crippen molar-refractivity contribution >= 4 is 51.0 Å². The highest BCUT2D eigenvalue weighted by Gasteiger charge is 2.44. The van der Waals surface area contributed by atoms with E-state index in [1.807, 2.05) is 63.2 Å². The van der Waals surface area contributed by atoms with E-state index in [1.54, 1.807) is 51.0 Å². The van der Waals surface area contributed by atoms with E-state index < -0.39 is 41.9 Å². The SMILES string of the molecule is CO[C@@H](C)COc1nc(N2C[C@@H]3C[C@H]2CN3)c2cc(Cl)c(-c3c(C)c(F)cc4[nH]ncc34)c(OCc3ccc(-c4cn([C@H](C(=O)N5C[C@H](O)C[C@H]5C(=O)N[C@@H](CO)c5ccc(-c6cncnc6)cc5)C(C)C)nn4)cc3)c2n1. The summed E-state index contributed by atoms with van der Waals surface area (Å²) in [5.74, 6) is -0.676. The summed E-state index contributed by atoms with van der Waals surface area (Å²) in [4.78, 5) is 50.3. The molecule has 2 amide bonds. The number of hydrogen-bond donors (Lipinski definition) is 5. The summed E-state index contributed by atoms with van der Waals surface area (Å²) in [5.41, 5.74) is 6.53. The number of amides is 2. The Morgan fingerprint density at radius 3 is 2.41 bits per heavy atom. The van der Waals surface area contributed by atoms with Gasteiger partial charge in [-0.15, -0.1) is 5.10 Å². The number of aliphatic hydroxyl groups is 2. The van der Waals surface area contributed by atoms with Crippen LogP contribution >= 0.6 is 11.6 Å².